The molecule has 1 aliphatic heterocycles. The highest BCUT2D eigenvalue weighted by molar-refractivity contribution is 9.10. The van der Waals surface area contributed by atoms with Crippen molar-refractivity contribution in [1.29, 1.82) is 0 Å². The zero-order valence-electron chi connectivity index (χ0n) is 31.4. The van der Waals surface area contributed by atoms with Crippen molar-refractivity contribution < 1.29 is 33.2 Å². The van der Waals surface area contributed by atoms with Gasteiger partial charge in [-0.3, -0.25) is 0 Å². The van der Waals surface area contributed by atoms with Crippen molar-refractivity contribution in [3.05, 3.63) is 129 Å². The molecule has 1 N–H and O–H groups in total. The number of aromatic amines is 1. The quantitative estimate of drug-likeness (QED) is 0.0883. The number of aryl methyl sites for hydroxylation is 1. The van der Waals surface area contributed by atoms with Gasteiger partial charge in [0.15, 0.2) is 0 Å². The van der Waals surface area contributed by atoms with Gasteiger partial charge in [-0.2, -0.15) is 0 Å². The molecule has 1 aromatic heterocycles. The van der Waals surface area contributed by atoms with Crippen molar-refractivity contribution in [3.63, 3.8) is 0 Å². The second-order valence-electron chi connectivity index (χ2n) is 13.7. The molecule has 4 aromatic carbocycles. The van der Waals surface area contributed by atoms with E-state index >= 15 is 0 Å². The van der Waals surface area contributed by atoms with E-state index in [0.717, 1.165) is 69.4 Å². The van der Waals surface area contributed by atoms with Crippen LogP contribution in [0.2, 0.25) is 0 Å². The number of amides is 1. The summed E-state index contributed by atoms with van der Waals surface area (Å²) in [6.45, 7) is 5.56. The van der Waals surface area contributed by atoms with E-state index in [-0.39, 0.29) is 30.8 Å². The number of methoxy groups -OCH3 is 2. The van der Waals surface area contributed by atoms with E-state index in [2.05, 4.69) is 52.1 Å². The first-order valence-electron chi connectivity index (χ1n) is 18.7. The third-order valence-corrected chi connectivity index (χ3v) is 10.9. The van der Waals surface area contributed by atoms with E-state index in [1.807, 2.05) is 72.9 Å². The van der Waals surface area contributed by atoms with Crippen LogP contribution in [-0.2, 0) is 32.2 Å². The van der Waals surface area contributed by atoms with Crippen LogP contribution in [0.4, 0.5) is 4.79 Å². The summed E-state index contributed by atoms with van der Waals surface area (Å²) in [5.41, 5.74) is 6.44. The number of halogens is 1. The molecule has 54 heavy (non-hydrogen) atoms. The number of likely N-dealkylation sites (tertiary alicyclic amines) is 1. The van der Waals surface area contributed by atoms with Crippen molar-refractivity contribution in [2.45, 2.75) is 63.9 Å². The smallest absolute Gasteiger partial charge is 0.410 e. The summed E-state index contributed by atoms with van der Waals surface area (Å²) in [5.74, 6) is 1.69. The minimum atomic E-state index is -0.332. The van der Waals surface area contributed by atoms with E-state index in [1.54, 1.807) is 19.1 Å². The van der Waals surface area contributed by atoms with Crippen LogP contribution in [0.15, 0.2) is 102 Å². The number of hydrogen-bond donors (Lipinski definition) is 1. The molecule has 3 unspecified atom stereocenters. The van der Waals surface area contributed by atoms with Crippen molar-refractivity contribution in [2.75, 3.05) is 47.1 Å². The zero-order valence-corrected chi connectivity index (χ0v) is 33.0. The van der Waals surface area contributed by atoms with Gasteiger partial charge in [0.25, 0.3) is 0 Å². The maximum Gasteiger partial charge on any atom is 0.410 e. The molecule has 10 heteroatoms. The highest BCUT2D eigenvalue weighted by atomic mass is 79.9. The molecule has 3 atom stereocenters. The van der Waals surface area contributed by atoms with Crippen LogP contribution < -0.4 is 9.47 Å². The predicted molar refractivity (Wildman–Crippen MR) is 214 cm³/mol. The number of H-pyrrole nitrogens is 1. The van der Waals surface area contributed by atoms with Gasteiger partial charge in [0, 0.05) is 54.2 Å². The van der Waals surface area contributed by atoms with E-state index in [9.17, 15) is 4.79 Å². The van der Waals surface area contributed by atoms with E-state index in [4.69, 9.17) is 28.4 Å². The Morgan fingerprint density at radius 1 is 0.907 bits per heavy atom. The average Bonchev–Trinajstić information content (AvgIpc) is 3.59. The second kappa shape index (κ2) is 19.8. The number of carbonyl (C=O) groups excluding carboxylic acids is 1. The monoisotopic (exact) mass is 798 g/mol. The molecule has 1 saturated heterocycles. The van der Waals surface area contributed by atoms with Crippen molar-refractivity contribution in [1.82, 2.24) is 9.88 Å². The van der Waals surface area contributed by atoms with Gasteiger partial charge in [-0.1, -0.05) is 72.8 Å². The Kier molecular flexibility index (Phi) is 14.4. The molecule has 0 radical (unpaired) electrons. The van der Waals surface area contributed by atoms with Gasteiger partial charge in [-0.25, -0.2) is 4.79 Å². The predicted octanol–water partition coefficient (Wildman–Crippen LogP) is 9.91. The Hall–Kier alpha value is -4.35. The second-order valence-corrected chi connectivity index (χ2v) is 14.5. The lowest BCUT2D eigenvalue weighted by Gasteiger charge is -2.40. The van der Waals surface area contributed by atoms with Gasteiger partial charge in [-0.15, -0.1) is 0 Å². The maximum atomic E-state index is 13.4. The molecule has 1 aliphatic rings. The fourth-order valence-electron chi connectivity index (χ4n) is 7.07. The van der Waals surface area contributed by atoms with Crippen molar-refractivity contribution in [2.24, 2.45) is 0 Å². The highest BCUT2D eigenvalue weighted by Gasteiger charge is 2.36. The third kappa shape index (κ3) is 10.2. The van der Waals surface area contributed by atoms with Crippen LogP contribution in [0.3, 0.4) is 0 Å². The van der Waals surface area contributed by atoms with Gasteiger partial charge in [0.2, 0.25) is 0 Å². The van der Waals surface area contributed by atoms with Crippen molar-refractivity contribution in [3.8, 4) is 11.5 Å². The molecule has 286 valence electrons. The normalized spacial score (nSPS) is 16.3. The van der Waals surface area contributed by atoms with Crippen LogP contribution in [0, 0.1) is 6.92 Å². The SMILES string of the molecule is COCCCC(OC1CN(C(=O)OCc2ccccc2)CCC1c1ccc(OCCCOCc2ccccc2OC)cc1)c1ccc2c(C)c[nH]c2c1Br. The molecule has 0 aliphatic carbocycles. The number of carbonyl (C=O) groups is 1. The lowest BCUT2D eigenvalue weighted by Crippen LogP contribution is -2.47. The topological polar surface area (TPSA) is 91.5 Å². The highest BCUT2D eigenvalue weighted by Crippen LogP contribution is 2.40. The molecule has 2 heterocycles. The Morgan fingerprint density at radius 3 is 2.50 bits per heavy atom. The van der Waals surface area contributed by atoms with Crippen molar-refractivity contribution >= 4 is 32.9 Å². The number of nitrogens with one attached hydrogen (secondary N) is 1. The number of fused-ring (bicyclic) bond motifs is 1. The van der Waals surface area contributed by atoms with Gasteiger partial charge >= 0.3 is 6.09 Å². The summed E-state index contributed by atoms with van der Waals surface area (Å²) < 4.78 is 36.7. The molecule has 1 fully saturated rings. The molecular weight excluding hydrogens is 748 g/mol. The summed E-state index contributed by atoms with van der Waals surface area (Å²) in [6.07, 6.45) is 4.26. The average molecular weight is 800 g/mol. The van der Waals surface area contributed by atoms with Gasteiger partial charge in [0.1, 0.15) is 18.1 Å². The standard InChI is InChI=1S/C44H51BrN2O7/c1-31-27-46-43-36(31)20-21-38(42(43)45)40(15-9-24-49-2)54-41-28-47(44(48)53-29-32-11-5-4-6-12-32)23-22-37(41)33-16-18-35(19-17-33)52-26-10-25-51-30-34-13-7-8-14-39(34)50-3/h4-8,11-14,16-21,27,37,40-41,46H,9-10,15,22-26,28-30H2,1-3H3. The molecule has 6 rings (SSSR count). The lowest BCUT2D eigenvalue weighted by atomic mass is 9.86. The fraction of sp³-hybridized carbons (Fsp3) is 0.386. The number of ether oxygens (including phenoxy) is 6. The molecule has 0 bridgehead atoms. The largest absolute Gasteiger partial charge is 0.496 e. The number of benzene rings is 4. The maximum absolute atomic E-state index is 13.4. The first-order valence-corrected chi connectivity index (χ1v) is 19.5. The Labute approximate surface area is 327 Å². The van der Waals surface area contributed by atoms with E-state index in [0.29, 0.717) is 39.5 Å². The molecule has 5 aromatic rings. The summed E-state index contributed by atoms with van der Waals surface area (Å²) in [4.78, 5) is 18.6. The number of hydrogen-bond acceptors (Lipinski definition) is 7. The van der Waals surface area contributed by atoms with Gasteiger partial charge in [0.05, 0.1) is 51.2 Å². The lowest BCUT2D eigenvalue weighted by molar-refractivity contribution is -0.0647. The Balaban J connectivity index is 1.14. The summed E-state index contributed by atoms with van der Waals surface area (Å²) >= 11 is 3.91. The molecule has 0 spiro atoms. The Morgan fingerprint density at radius 2 is 1.70 bits per heavy atom. The first-order chi connectivity index (χ1) is 26.4. The summed E-state index contributed by atoms with van der Waals surface area (Å²) in [7, 11) is 3.39. The molecular formula is C44H51BrN2O7. The molecule has 9 nitrogen and oxygen atoms in total. The number of rotatable bonds is 18. The first kappa shape index (κ1) is 39.3. The summed E-state index contributed by atoms with van der Waals surface area (Å²) in [5, 5.41) is 1.17. The van der Waals surface area contributed by atoms with Crippen LogP contribution >= 0.6 is 15.9 Å². The Bertz CT molecular complexity index is 1920. The van der Waals surface area contributed by atoms with E-state index < -0.39 is 0 Å². The molecule has 1 amide bonds. The number of nitrogens with zero attached hydrogens (tertiary/aromatic N) is 1. The minimum Gasteiger partial charge on any atom is -0.496 e. The zero-order chi connectivity index (χ0) is 37.7. The number of piperidine rings is 1. The van der Waals surface area contributed by atoms with Crippen LogP contribution in [0.25, 0.3) is 10.9 Å². The minimum absolute atomic E-state index is 0.0563. The van der Waals surface area contributed by atoms with Gasteiger partial charge < -0.3 is 38.3 Å². The molecule has 0 saturated carbocycles. The van der Waals surface area contributed by atoms with Crippen LogP contribution in [0.1, 0.15) is 65.5 Å². The van der Waals surface area contributed by atoms with Crippen LogP contribution in [0.5, 0.6) is 11.5 Å². The van der Waals surface area contributed by atoms with Gasteiger partial charge in [-0.05, 0) is 82.6 Å². The fourth-order valence-corrected chi connectivity index (χ4v) is 7.78. The van der Waals surface area contributed by atoms with Crippen LogP contribution in [-0.4, -0.2) is 69.2 Å². The van der Waals surface area contributed by atoms with E-state index in [1.165, 1.54) is 10.9 Å². The third-order valence-electron chi connectivity index (χ3n) is 10.0. The number of para-hydroxylation sites is 1. The number of aromatic nitrogens is 1. The summed E-state index contributed by atoms with van der Waals surface area (Å²) in [6, 6.07) is 30.3.